The van der Waals surface area contributed by atoms with Gasteiger partial charge in [0.05, 0.1) is 12.5 Å². The molecule has 1 rings (SSSR count). The summed E-state index contributed by atoms with van der Waals surface area (Å²) in [6, 6.07) is 10.4. The van der Waals surface area contributed by atoms with Crippen molar-refractivity contribution in [2.24, 2.45) is 0 Å². The predicted molar refractivity (Wildman–Crippen MR) is 81.7 cm³/mol. The molecule has 0 aliphatic rings. The smallest absolute Gasteiger partial charge is 0.119 e. The molecule has 1 unspecified atom stereocenters. The average Bonchev–Trinajstić information content (AvgIpc) is 2.41. The number of hydrogen-bond donors (Lipinski definition) is 0. The highest BCUT2D eigenvalue weighted by Crippen LogP contribution is 2.12. The molecule has 19 heavy (non-hydrogen) atoms. The van der Waals surface area contributed by atoms with E-state index in [1.54, 1.807) is 0 Å². The Balaban J connectivity index is 2.31. The number of likely N-dealkylation sites (N-methyl/N-ethyl adjacent to an activating group) is 1. The van der Waals surface area contributed by atoms with Crippen LogP contribution in [-0.4, -0.2) is 43.1 Å². The van der Waals surface area contributed by atoms with E-state index in [9.17, 15) is 0 Å². The van der Waals surface area contributed by atoms with Gasteiger partial charge in [0.2, 0.25) is 0 Å². The van der Waals surface area contributed by atoms with E-state index in [1.807, 2.05) is 36.0 Å². The maximum absolute atomic E-state index is 8.60. The van der Waals surface area contributed by atoms with E-state index >= 15 is 0 Å². The highest BCUT2D eigenvalue weighted by Gasteiger charge is 2.07. The minimum Gasteiger partial charge on any atom is -0.492 e. The van der Waals surface area contributed by atoms with Crippen LogP contribution in [0.15, 0.2) is 24.3 Å². The molecule has 0 aromatic heterocycles. The Morgan fingerprint density at radius 1 is 1.37 bits per heavy atom. The normalized spacial score (nSPS) is 12.2. The summed E-state index contributed by atoms with van der Waals surface area (Å²) in [5.74, 6) is 2.01. The zero-order valence-electron chi connectivity index (χ0n) is 11.9. The van der Waals surface area contributed by atoms with Crippen LogP contribution in [0.1, 0.15) is 12.5 Å². The number of thioether (sulfide) groups is 1. The molecule has 0 spiro atoms. The van der Waals surface area contributed by atoms with Crippen LogP contribution in [0.5, 0.6) is 5.75 Å². The summed E-state index contributed by atoms with van der Waals surface area (Å²) in [5.41, 5.74) is 1.03. The fourth-order valence-electron chi connectivity index (χ4n) is 1.69. The fourth-order valence-corrected chi connectivity index (χ4v) is 2.43. The van der Waals surface area contributed by atoms with Gasteiger partial charge in [-0.2, -0.15) is 17.0 Å². The number of hydrogen-bond acceptors (Lipinski definition) is 4. The summed E-state index contributed by atoms with van der Waals surface area (Å²) in [6.45, 7) is 3.83. The molecule has 0 amide bonds. The molecular weight excluding hydrogens is 256 g/mol. The first-order chi connectivity index (χ1) is 9.17. The van der Waals surface area contributed by atoms with Crippen molar-refractivity contribution in [2.75, 3.05) is 32.2 Å². The number of nitriles is 1. The van der Waals surface area contributed by atoms with Crippen LogP contribution in [0.25, 0.3) is 0 Å². The summed E-state index contributed by atoms with van der Waals surface area (Å²) in [5, 5.41) is 8.60. The van der Waals surface area contributed by atoms with E-state index in [1.165, 1.54) is 0 Å². The van der Waals surface area contributed by atoms with E-state index in [0.29, 0.717) is 19.1 Å². The first-order valence-electron chi connectivity index (χ1n) is 6.45. The standard InChI is InChI=1S/C15H22N2OS/c1-13(12-19-3)17(2)10-11-18-15-6-4-14(5-7-15)8-9-16/h4-7,13H,8,10-12H2,1-3H3. The van der Waals surface area contributed by atoms with Gasteiger partial charge in [0.25, 0.3) is 0 Å². The monoisotopic (exact) mass is 278 g/mol. The maximum Gasteiger partial charge on any atom is 0.119 e. The summed E-state index contributed by atoms with van der Waals surface area (Å²) < 4.78 is 5.71. The maximum atomic E-state index is 8.60. The van der Waals surface area contributed by atoms with E-state index in [2.05, 4.69) is 31.2 Å². The van der Waals surface area contributed by atoms with Crippen LogP contribution in [-0.2, 0) is 6.42 Å². The molecule has 1 aromatic rings. The molecule has 104 valence electrons. The Hall–Kier alpha value is -1.18. The molecule has 0 radical (unpaired) electrons. The van der Waals surface area contributed by atoms with Gasteiger partial charge < -0.3 is 4.74 Å². The van der Waals surface area contributed by atoms with Crippen molar-refractivity contribution < 1.29 is 4.74 Å². The number of nitrogens with zero attached hydrogens (tertiary/aromatic N) is 2. The number of ether oxygens (including phenoxy) is 1. The summed E-state index contributed by atoms with van der Waals surface area (Å²) in [4.78, 5) is 2.31. The van der Waals surface area contributed by atoms with Crippen LogP contribution in [0.3, 0.4) is 0 Å². The minimum atomic E-state index is 0.454. The molecule has 0 saturated carbocycles. The summed E-state index contributed by atoms with van der Waals surface area (Å²) in [7, 11) is 2.13. The lowest BCUT2D eigenvalue weighted by molar-refractivity contribution is 0.210. The van der Waals surface area contributed by atoms with Gasteiger partial charge in [0.1, 0.15) is 12.4 Å². The van der Waals surface area contributed by atoms with Crippen LogP contribution in [0.2, 0.25) is 0 Å². The Morgan fingerprint density at radius 3 is 2.63 bits per heavy atom. The zero-order chi connectivity index (χ0) is 14.1. The topological polar surface area (TPSA) is 36.3 Å². The predicted octanol–water partition coefficient (Wildman–Crippen LogP) is 2.81. The lowest BCUT2D eigenvalue weighted by Gasteiger charge is -2.23. The molecule has 1 atom stereocenters. The van der Waals surface area contributed by atoms with Gasteiger partial charge in [0.15, 0.2) is 0 Å². The molecule has 0 N–H and O–H groups in total. The third-order valence-electron chi connectivity index (χ3n) is 3.08. The molecular formula is C15H22N2OS. The first-order valence-corrected chi connectivity index (χ1v) is 7.84. The van der Waals surface area contributed by atoms with Crippen molar-refractivity contribution >= 4 is 11.8 Å². The van der Waals surface area contributed by atoms with Gasteiger partial charge in [-0.15, -0.1) is 0 Å². The third-order valence-corrected chi connectivity index (χ3v) is 3.90. The summed E-state index contributed by atoms with van der Waals surface area (Å²) >= 11 is 1.87. The zero-order valence-corrected chi connectivity index (χ0v) is 12.7. The van der Waals surface area contributed by atoms with Crippen molar-refractivity contribution in [3.63, 3.8) is 0 Å². The van der Waals surface area contributed by atoms with Crippen molar-refractivity contribution in [1.29, 1.82) is 5.26 Å². The third kappa shape index (κ3) is 6.00. The molecule has 0 saturated heterocycles. The highest BCUT2D eigenvalue weighted by molar-refractivity contribution is 7.98. The van der Waals surface area contributed by atoms with Gasteiger partial charge in [-0.25, -0.2) is 0 Å². The van der Waals surface area contributed by atoms with Crippen LogP contribution >= 0.6 is 11.8 Å². The lowest BCUT2D eigenvalue weighted by atomic mass is 10.2. The Kier molecular flexibility index (Phi) is 7.39. The SMILES string of the molecule is CSCC(C)N(C)CCOc1ccc(CC#N)cc1. The van der Waals surface area contributed by atoms with Gasteiger partial charge in [0, 0.05) is 18.3 Å². The van der Waals surface area contributed by atoms with Crippen molar-refractivity contribution in [3.8, 4) is 11.8 Å². The Morgan fingerprint density at radius 2 is 2.05 bits per heavy atom. The van der Waals surface area contributed by atoms with E-state index in [0.717, 1.165) is 23.6 Å². The second-order valence-electron chi connectivity index (χ2n) is 4.61. The minimum absolute atomic E-state index is 0.454. The second-order valence-corrected chi connectivity index (χ2v) is 5.52. The number of benzene rings is 1. The van der Waals surface area contributed by atoms with Crippen LogP contribution < -0.4 is 4.74 Å². The molecule has 0 heterocycles. The second kappa shape index (κ2) is 8.84. The Bertz CT molecular complexity index is 400. The van der Waals surface area contributed by atoms with Crippen molar-refractivity contribution in [3.05, 3.63) is 29.8 Å². The largest absolute Gasteiger partial charge is 0.492 e. The molecule has 0 fully saturated rings. The number of rotatable bonds is 8. The summed E-state index contributed by atoms with van der Waals surface area (Å²) in [6.07, 6.45) is 2.58. The van der Waals surface area contributed by atoms with Gasteiger partial charge in [-0.05, 0) is 37.9 Å². The molecule has 0 aliphatic heterocycles. The van der Waals surface area contributed by atoms with Gasteiger partial charge in [-0.1, -0.05) is 12.1 Å². The molecule has 0 bridgehead atoms. The average molecular weight is 278 g/mol. The lowest BCUT2D eigenvalue weighted by Crippen LogP contribution is -2.34. The van der Waals surface area contributed by atoms with Gasteiger partial charge >= 0.3 is 0 Å². The van der Waals surface area contributed by atoms with Gasteiger partial charge in [-0.3, -0.25) is 4.90 Å². The van der Waals surface area contributed by atoms with Crippen LogP contribution in [0, 0.1) is 11.3 Å². The first kappa shape index (κ1) is 15.9. The van der Waals surface area contributed by atoms with Crippen molar-refractivity contribution in [2.45, 2.75) is 19.4 Å². The fraction of sp³-hybridized carbons (Fsp3) is 0.533. The molecule has 3 nitrogen and oxygen atoms in total. The Labute approximate surface area is 120 Å². The molecule has 0 aliphatic carbocycles. The highest BCUT2D eigenvalue weighted by atomic mass is 32.2. The molecule has 4 heteroatoms. The van der Waals surface area contributed by atoms with E-state index in [4.69, 9.17) is 10.00 Å². The molecule has 1 aromatic carbocycles. The van der Waals surface area contributed by atoms with E-state index < -0.39 is 0 Å². The van der Waals surface area contributed by atoms with E-state index in [-0.39, 0.29) is 0 Å². The van der Waals surface area contributed by atoms with Crippen molar-refractivity contribution in [1.82, 2.24) is 4.90 Å². The quantitative estimate of drug-likeness (QED) is 0.732. The van der Waals surface area contributed by atoms with Crippen LogP contribution in [0.4, 0.5) is 0 Å².